The molecule has 0 amide bonds. The van der Waals surface area contributed by atoms with E-state index in [0.29, 0.717) is 5.75 Å². The molecule has 0 radical (unpaired) electrons. The molecule has 1 aromatic rings. The molecule has 1 rings (SSSR count). The van der Waals surface area contributed by atoms with Gasteiger partial charge in [-0.2, -0.15) is 0 Å². The quantitative estimate of drug-likeness (QED) is 0.474. The van der Waals surface area contributed by atoms with Crippen molar-refractivity contribution in [1.82, 2.24) is 0 Å². The second-order valence-electron chi connectivity index (χ2n) is 2.84. The Morgan fingerprint density at radius 1 is 1.33 bits per heavy atom. The van der Waals surface area contributed by atoms with Gasteiger partial charge in [0.2, 0.25) is 0 Å². The average Bonchev–Trinajstić information content (AvgIpc) is 2.25. The molecule has 5 heteroatoms. The molecule has 0 spiro atoms. The molecule has 0 heterocycles. The second kappa shape index (κ2) is 5.63. The number of benzene rings is 1. The Balaban J connectivity index is 2.78. The summed E-state index contributed by atoms with van der Waals surface area (Å²) in [5.74, 6) is 1.44. The van der Waals surface area contributed by atoms with E-state index in [9.17, 15) is 0 Å². The molecule has 3 N–H and O–H groups in total. The van der Waals surface area contributed by atoms with E-state index in [-0.39, 0.29) is 19.7 Å². The van der Waals surface area contributed by atoms with Gasteiger partial charge < -0.3 is 0 Å². The first-order chi connectivity index (χ1) is 7.17. The van der Waals surface area contributed by atoms with Crippen LogP contribution in [-0.4, -0.2) is 33.9 Å². The van der Waals surface area contributed by atoms with Crippen molar-refractivity contribution in [3.63, 3.8) is 0 Å². The van der Waals surface area contributed by atoms with Crippen molar-refractivity contribution >= 4 is 19.7 Å². The number of nitrogens with two attached hydrogens (primary N) is 1. The van der Waals surface area contributed by atoms with Crippen LogP contribution >= 0.6 is 0 Å². The zero-order valence-corrected chi connectivity index (χ0v) is 10.5. The van der Waals surface area contributed by atoms with Crippen LogP contribution in [0.3, 0.4) is 0 Å². The molecule has 15 heavy (non-hydrogen) atoms. The van der Waals surface area contributed by atoms with Crippen LogP contribution in [0.4, 0.5) is 0 Å². The van der Waals surface area contributed by atoms with Crippen molar-refractivity contribution in [3.05, 3.63) is 23.8 Å². The van der Waals surface area contributed by atoms with Crippen molar-refractivity contribution in [3.8, 4) is 11.5 Å². The Bertz CT molecular complexity index is 355. The molecule has 0 aromatic heterocycles. The average molecular weight is 273 g/mol. The molecule has 0 aliphatic heterocycles. The van der Waals surface area contributed by atoms with Crippen LogP contribution in [0.1, 0.15) is 5.56 Å². The van der Waals surface area contributed by atoms with Gasteiger partial charge in [0.05, 0.1) is 0 Å². The number of amidine groups is 1. The summed E-state index contributed by atoms with van der Waals surface area (Å²) < 4.78 is 10.6. The Morgan fingerprint density at radius 3 is 2.53 bits per heavy atom. The number of hydrogen-bond donors (Lipinski definition) is 2. The molecule has 0 aliphatic carbocycles. The Kier molecular flexibility index (Phi) is 4.46. The van der Waals surface area contributed by atoms with Crippen molar-refractivity contribution < 1.29 is 9.47 Å². The number of hydrogen-bond acceptors (Lipinski definition) is 3. The van der Waals surface area contributed by atoms with Crippen LogP contribution in [0.5, 0.6) is 11.5 Å². The van der Waals surface area contributed by atoms with Gasteiger partial charge in [-0.3, -0.25) is 0 Å². The van der Waals surface area contributed by atoms with E-state index in [2.05, 4.69) is 0 Å². The van der Waals surface area contributed by atoms with Crippen LogP contribution in [0, 0.1) is 5.41 Å². The fourth-order valence-electron chi connectivity index (χ4n) is 1.13. The fraction of sp³-hybridized carbons (Fsp3) is 0.300. The SMILES string of the molecule is COc1ccc(C[Se]C(=N)N)cc1OC. The zero-order chi connectivity index (χ0) is 11.3. The standard InChI is InChI=1S/C10H14N2O2Se/c1-13-8-4-3-7(5-9(8)14-2)6-15-10(11)12/h3-5H,6H2,1-2H3,(H3,11,12). The van der Waals surface area contributed by atoms with E-state index in [1.807, 2.05) is 18.2 Å². The maximum absolute atomic E-state index is 7.17. The first kappa shape index (κ1) is 11.9. The third-order valence-electron chi connectivity index (χ3n) is 1.84. The summed E-state index contributed by atoms with van der Waals surface area (Å²) in [6.45, 7) is 0. The van der Waals surface area contributed by atoms with Gasteiger partial charge in [-0.15, -0.1) is 0 Å². The predicted octanol–water partition coefficient (Wildman–Crippen LogP) is 0.801. The number of rotatable bonds is 5. The van der Waals surface area contributed by atoms with Gasteiger partial charge in [-0.05, 0) is 0 Å². The van der Waals surface area contributed by atoms with E-state index in [1.54, 1.807) is 14.2 Å². The minimum atomic E-state index is 0.0274. The summed E-state index contributed by atoms with van der Waals surface area (Å²) in [5.41, 5.74) is 6.44. The van der Waals surface area contributed by atoms with Gasteiger partial charge in [-0.25, -0.2) is 0 Å². The molecule has 1 aromatic carbocycles. The minimum absolute atomic E-state index is 0.0274. The Hall–Kier alpha value is -1.19. The van der Waals surface area contributed by atoms with Gasteiger partial charge in [0.25, 0.3) is 0 Å². The fourth-order valence-corrected chi connectivity index (χ4v) is 2.18. The second-order valence-corrected chi connectivity index (χ2v) is 4.98. The van der Waals surface area contributed by atoms with Gasteiger partial charge in [0.15, 0.2) is 0 Å². The molecule has 0 atom stereocenters. The van der Waals surface area contributed by atoms with Crippen LogP contribution in [0.2, 0.25) is 0 Å². The predicted molar refractivity (Wildman–Crippen MR) is 60.9 cm³/mol. The Morgan fingerprint density at radius 2 is 2.00 bits per heavy atom. The number of nitrogens with one attached hydrogen (secondary N) is 1. The molecule has 4 nitrogen and oxygen atoms in total. The summed E-state index contributed by atoms with van der Waals surface area (Å²) in [4.78, 5) is 0. The molecule has 0 bridgehead atoms. The van der Waals surface area contributed by atoms with Gasteiger partial charge >= 0.3 is 95.1 Å². The molecule has 0 saturated heterocycles. The summed E-state index contributed by atoms with van der Waals surface area (Å²) in [5, 5.41) is 7.98. The van der Waals surface area contributed by atoms with Crippen LogP contribution < -0.4 is 15.2 Å². The third-order valence-corrected chi connectivity index (χ3v) is 3.50. The van der Waals surface area contributed by atoms with E-state index in [1.165, 1.54) is 0 Å². The molecule has 0 saturated carbocycles. The van der Waals surface area contributed by atoms with E-state index >= 15 is 0 Å². The summed E-state index contributed by atoms with van der Waals surface area (Å²) in [7, 11) is 3.22. The van der Waals surface area contributed by atoms with Gasteiger partial charge in [-0.1, -0.05) is 0 Å². The monoisotopic (exact) mass is 274 g/mol. The summed E-state index contributed by atoms with van der Waals surface area (Å²) in [6.07, 6.45) is 0. The third kappa shape index (κ3) is 3.46. The van der Waals surface area contributed by atoms with Crippen molar-refractivity contribution in [2.75, 3.05) is 14.2 Å². The van der Waals surface area contributed by atoms with Gasteiger partial charge in [0, 0.05) is 0 Å². The molecule has 0 aliphatic rings. The first-order valence-corrected chi connectivity index (χ1v) is 6.42. The van der Waals surface area contributed by atoms with E-state index < -0.39 is 0 Å². The molecular formula is C10H14N2O2Se. The van der Waals surface area contributed by atoms with Crippen LogP contribution in [-0.2, 0) is 5.32 Å². The first-order valence-electron chi connectivity index (χ1n) is 4.35. The van der Waals surface area contributed by atoms with Gasteiger partial charge in [0.1, 0.15) is 0 Å². The summed E-state index contributed by atoms with van der Waals surface area (Å²) >= 11 is 0.0274. The van der Waals surface area contributed by atoms with Crippen molar-refractivity contribution in [2.45, 2.75) is 5.32 Å². The molecule has 0 fully saturated rings. The Labute approximate surface area is 95.4 Å². The maximum atomic E-state index is 7.17. The van der Waals surface area contributed by atoms with E-state index in [0.717, 1.165) is 16.6 Å². The normalized spacial score (nSPS) is 9.73. The molecule has 0 unspecified atom stereocenters. The van der Waals surface area contributed by atoms with Crippen molar-refractivity contribution in [2.24, 2.45) is 5.73 Å². The summed E-state index contributed by atoms with van der Waals surface area (Å²) in [6, 6.07) is 5.75. The topological polar surface area (TPSA) is 68.3 Å². The number of ether oxygens (including phenoxy) is 2. The van der Waals surface area contributed by atoms with Crippen LogP contribution in [0.15, 0.2) is 18.2 Å². The van der Waals surface area contributed by atoms with Crippen LogP contribution in [0.25, 0.3) is 0 Å². The zero-order valence-electron chi connectivity index (χ0n) is 8.74. The molecular weight excluding hydrogens is 259 g/mol. The molecule has 82 valence electrons. The van der Waals surface area contributed by atoms with Crippen molar-refractivity contribution in [1.29, 1.82) is 5.41 Å². The van der Waals surface area contributed by atoms with E-state index in [4.69, 9.17) is 20.6 Å². The number of methoxy groups -OCH3 is 2.